The molecule has 6 saturated heterocycles. The molecule has 0 spiro atoms. The smallest absolute Gasteiger partial charge is 0.253 e. The largest absolute Gasteiger partial charge is 0.411 e. The number of nitrogens with zero attached hydrogens (tertiary/aromatic N) is 20. The topological polar surface area (TPSA) is 330 Å². The fourth-order valence-electron chi connectivity index (χ4n) is 19.7. The Kier molecular flexibility index (Phi) is 31.2. The predicted molar refractivity (Wildman–Crippen MR) is 535 cm³/mol. The van der Waals surface area contributed by atoms with Crippen LogP contribution < -0.4 is 42.1 Å². The Hall–Kier alpha value is -13.0. The van der Waals surface area contributed by atoms with Crippen LogP contribution in [-0.2, 0) is 25.8 Å². The van der Waals surface area contributed by atoms with Crippen molar-refractivity contribution in [2.45, 2.75) is 131 Å². The van der Waals surface area contributed by atoms with E-state index in [0.29, 0.717) is 69.0 Å². The average molecular weight is 1890 g/mol. The summed E-state index contributed by atoms with van der Waals surface area (Å²) in [4.78, 5) is 101. The van der Waals surface area contributed by atoms with Crippen molar-refractivity contribution in [3.05, 3.63) is 260 Å². The molecule has 135 heavy (non-hydrogen) atoms. The Labute approximate surface area is 803 Å². The number of nitrogens with two attached hydrogens (primary N) is 2. The molecular formula is C101H120Cl3N25O6. The normalized spacial score (nSPS) is 17.2. The van der Waals surface area contributed by atoms with Gasteiger partial charge < -0.3 is 81.6 Å². The molecule has 6 aromatic heterocycles. The number of carbonyl (C=O) groups is 5. The van der Waals surface area contributed by atoms with Crippen LogP contribution >= 0.6 is 34.8 Å². The van der Waals surface area contributed by atoms with Crippen molar-refractivity contribution in [2.24, 2.45) is 16.6 Å². The number of anilines is 9. The van der Waals surface area contributed by atoms with E-state index in [0.717, 1.165) is 218 Å². The lowest BCUT2D eigenvalue weighted by molar-refractivity contribution is -0.120. The van der Waals surface area contributed by atoms with Crippen molar-refractivity contribution in [1.82, 2.24) is 73.2 Å². The molecule has 34 heteroatoms. The van der Waals surface area contributed by atoms with E-state index < -0.39 is 0 Å². The number of hydrogen-bond acceptors (Lipinski definition) is 22. The Morgan fingerprint density at radius 2 is 0.674 bits per heavy atom. The van der Waals surface area contributed by atoms with Gasteiger partial charge in [0.1, 0.15) is 0 Å². The van der Waals surface area contributed by atoms with Gasteiger partial charge in [-0.1, -0.05) is 71.2 Å². The zero-order valence-electron chi connectivity index (χ0n) is 77.7. The second-order valence-corrected chi connectivity index (χ2v) is 37.9. The molecule has 8 N–H and O–H groups in total. The van der Waals surface area contributed by atoms with E-state index in [1.807, 2.05) is 206 Å². The molecule has 6 aromatic carbocycles. The van der Waals surface area contributed by atoms with E-state index in [4.69, 9.17) is 73.0 Å². The number of rotatable bonds is 23. The van der Waals surface area contributed by atoms with E-state index in [1.165, 1.54) is 11.8 Å². The highest BCUT2D eigenvalue weighted by Crippen LogP contribution is 2.45. The third kappa shape index (κ3) is 23.2. The van der Waals surface area contributed by atoms with Crippen molar-refractivity contribution in [3.63, 3.8) is 0 Å². The number of carbonyl (C=O) groups excluding carboxylic acids is 5. The van der Waals surface area contributed by atoms with Crippen LogP contribution in [0.1, 0.15) is 145 Å². The maximum atomic E-state index is 13.1. The molecule has 6 aliphatic heterocycles. The van der Waals surface area contributed by atoms with E-state index >= 15 is 0 Å². The molecule has 12 heterocycles. The maximum absolute atomic E-state index is 13.1. The minimum Gasteiger partial charge on any atom is -0.411 e. The third-order valence-electron chi connectivity index (χ3n) is 27.9. The summed E-state index contributed by atoms with van der Waals surface area (Å²) in [5.74, 6) is 0.973. The molecule has 0 bridgehead atoms. The summed E-state index contributed by atoms with van der Waals surface area (Å²) in [6.07, 6.45) is 18.4. The molecule has 18 rings (SSSR count). The van der Waals surface area contributed by atoms with Gasteiger partial charge in [0.2, 0.25) is 36.2 Å². The molecule has 6 fully saturated rings. The first-order valence-electron chi connectivity index (χ1n) is 46.3. The quantitative estimate of drug-likeness (QED) is 0.0150. The minimum atomic E-state index is -0.326. The lowest BCUT2D eigenvalue weighted by Gasteiger charge is -2.42. The minimum absolute atomic E-state index is 0.0408. The van der Waals surface area contributed by atoms with Gasteiger partial charge in [0.25, 0.3) is 17.7 Å². The number of halogens is 3. The summed E-state index contributed by atoms with van der Waals surface area (Å²) in [5, 5.41) is 36.0. The van der Waals surface area contributed by atoms with Gasteiger partial charge in [-0.3, -0.25) is 24.0 Å². The van der Waals surface area contributed by atoms with E-state index in [-0.39, 0.29) is 63.9 Å². The predicted octanol–water partition coefficient (Wildman–Crippen LogP) is 15.6. The summed E-state index contributed by atoms with van der Waals surface area (Å²) < 4.78 is 5.35. The van der Waals surface area contributed by atoms with Gasteiger partial charge in [-0.05, 0) is 307 Å². The van der Waals surface area contributed by atoms with Crippen molar-refractivity contribution in [2.75, 3.05) is 158 Å². The average Bonchev–Trinajstić information content (AvgIpc) is 1.76. The molecule has 0 radical (unpaired) electrons. The van der Waals surface area contributed by atoms with Gasteiger partial charge in [-0.25, -0.2) is 20.1 Å². The van der Waals surface area contributed by atoms with Crippen LogP contribution in [0.4, 0.5) is 52.0 Å². The zero-order valence-corrected chi connectivity index (χ0v) is 79.9. The fraction of sp³-hybridized carbons (Fsp3) is 0.396. The van der Waals surface area contributed by atoms with Crippen LogP contribution in [-0.4, -0.2) is 260 Å². The summed E-state index contributed by atoms with van der Waals surface area (Å²) in [7, 11) is 12.1. The second kappa shape index (κ2) is 43.6. The third-order valence-corrected chi connectivity index (χ3v) is 28.7. The van der Waals surface area contributed by atoms with E-state index in [1.54, 1.807) is 20.5 Å². The molecule has 706 valence electrons. The Balaban J connectivity index is 0.000000151. The van der Waals surface area contributed by atoms with Gasteiger partial charge in [0, 0.05) is 176 Å². The van der Waals surface area contributed by atoms with Crippen molar-refractivity contribution >= 4 is 139 Å². The molecule has 6 aliphatic rings. The molecule has 31 nitrogen and oxygen atoms in total. The van der Waals surface area contributed by atoms with E-state index in [2.05, 4.69) is 122 Å². The van der Waals surface area contributed by atoms with Gasteiger partial charge >= 0.3 is 0 Å². The van der Waals surface area contributed by atoms with Crippen LogP contribution in [0, 0.1) is 6.57 Å². The maximum Gasteiger partial charge on any atom is 0.253 e. The van der Waals surface area contributed by atoms with Gasteiger partial charge in [0.15, 0.2) is 16.9 Å². The standard InChI is InChI=1S/2C33H39ClN8O2.C33H37ClN8O.C2H5NO/c2*1-39-18-13-27(14-19-39)40(2)31(44)23-5-11-26(12-6-23)36-32-37-30-28(4-3-17-42(30)38-32)41-20-15-33(16-21-41,22-29(35)43)24-7-9-25(34)10-8-24;1-35-23-33(25-8-10-26(34)11-9-25)16-21-41(22-17-33)29-5-4-18-42-30(29)37-32(38-42)36-27-12-6-24(7-13-27)31(43)40(3)28-14-19-39(2)20-15-28;1-2-3-4/h2*3-12,17,27H,13-16,18-22H2,1-2H3,(H2,35,43)(H,36,38);4-13,18,28H,14-17,19-23H2,2-3H3,(H,36,38);2,4H,1H3. The Morgan fingerprint density at radius 3 is 0.919 bits per heavy atom. The Bertz CT molecular complexity index is 5880. The molecular weight excluding hydrogens is 1770 g/mol. The summed E-state index contributed by atoms with van der Waals surface area (Å²) in [6.45, 7) is 20.4. The first-order chi connectivity index (χ1) is 65.2. The number of piperidine rings is 6. The molecule has 12 aromatic rings. The number of oxime groups is 1. The van der Waals surface area contributed by atoms with Crippen molar-refractivity contribution in [1.29, 1.82) is 0 Å². The SMILES string of the molecule is CC=NO.CN1CCC(N(C)C(=O)c2ccc(Nc3nc4c(N5CCC(CC(N)=O)(c6ccc(Cl)cc6)CC5)cccn4n3)cc2)CC1.CN1CCC(N(C)C(=O)c2ccc(Nc3nc4c(N5CCC(CC(N)=O)(c6ccc(Cl)cc6)CC5)cccn4n3)cc2)CC1.[C-]#[N+]CC1(c2ccc(Cl)cc2)CCN(c2cccn3nc(Nc4ccc(C(=O)N(C)C5CCN(C)CC5)cc4)nc23)CC1. The van der Waals surface area contributed by atoms with Crippen LogP contribution in [0.3, 0.4) is 0 Å². The summed E-state index contributed by atoms with van der Waals surface area (Å²) in [6, 6.07) is 58.9. The number of primary amides is 2. The number of likely N-dealkylation sites (tertiary alicyclic amines) is 3. The number of benzene rings is 6. The van der Waals surface area contributed by atoms with Gasteiger partial charge in [-0.2, -0.15) is 15.0 Å². The number of hydrogen-bond donors (Lipinski definition) is 6. The summed E-state index contributed by atoms with van der Waals surface area (Å²) >= 11 is 18.4. The number of fused-ring (bicyclic) bond motifs is 3. The van der Waals surface area contributed by atoms with Crippen LogP contribution in [0.25, 0.3) is 21.8 Å². The zero-order chi connectivity index (χ0) is 95.1. The molecule has 0 saturated carbocycles. The molecule has 5 amide bonds. The first-order valence-corrected chi connectivity index (χ1v) is 47.4. The molecule has 0 atom stereocenters. The van der Waals surface area contributed by atoms with Crippen LogP contribution in [0.15, 0.2) is 206 Å². The van der Waals surface area contributed by atoms with Crippen molar-refractivity contribution < 1.29 is 29.2 Å². The molecule has 0 aliphatic carbocycles. The van der Waals surface area contributed by atoms with E-state index in [9.17, 15) is 24.0 Å². The Morgan fingerprint density at radius 1 is 0.422 bits per heavy atom. The monoisotopic (exact) mass is 1880 g/mol. The number of aromatic nitrogens is 9. The first kappa shape index (κ1) is 96.6. The fourth-order valence-corrected chi connectivity index (χ4v) is 20.1. The number of nitrogens with one attached hydrogen (secondary N) is 3. The van der Waals surface area contributed by atoms with Crippen LogP contribution in [0.5, 0.6) is 0 Å². The number of pyridine rings is 3. The molecule has 0 unspecified atom stereocenters. The highest BCUT2D eigenvalue weighted by molar-refractivity contribution is 6.31. The van der Waals surface area contributed by atoms with Crippen LogP contribution in [0.2, 0.25) is 15.1 Å². The second-order valence-electron chi connectivity index (χ2n) is 36.5. The van der Waals surface area contributed by atoms with Gasteiger partial charge in [0.05, 0.1) is 22.5 Å². The lowest BCUT2D eigenvalue weighted by Crippen LogP contribution is -2.45. The number of amides is 5. The lowest BCUT2D eigenvalue weighted by atomic mass is 9.70. The highest BCUT2D eigenvalue weighted by Gasteiger charge is 2.43. The van der Waals surface area contributed by atoms with Gasteiger partial charge in [-0.15, -0.1) is 20.5 Å². The highest BCUT2D eigenvalue weighted by atomic mass is 35.5. The van der Waals surface area contributed by atoms with Crippen molar-refractivity contribution in [3.8, 4) is 0 Å². The summed E-state index contributed by atoms with van der Waals surface area (Å²) in [5.41, 5.74) is 23.6.